The van der Waals surface area contributed by atoms with E-state index in [4.69, 9.17) is 0 Å². The second kappa shape index (κ2) is 6.79. The Balaban J connectivity index is 1.70. The third-order valence-electron chi connectivity index (χ3n) is 5.15. The molecule has 4 nitrogen and oxygen atoms in total. The maximum absolute atomic E-state index is 13.2. The van der Waals surface area contributed by atoms with E-state index in [0.717, 1.165) is 29.9 Å². The normalized spacial score (nSPS) is 16.4. The van der Waals surface area contributed by atoms with Gasteiger partial charge in [0.05, 0.1) is 18.2 Å². The lowest BCUT2D eigenvalue weighted by Gasteiger charge is -2.38. The van der Waals surface area contributed by atoms with Gasteiger partial charge in [-0.2, -0.15) is 5.10 Å². The highest BCUT2D eigenvalue weighted by Crippen LogP contribution is 2.35. The first-order valence-corrected chi connectivity index (χ1v) is 9.05. The molecule has 0 fully saturated rings. The van der Waals surface area contributed by atoms with Crippen molar-refractivity contribution in [3.8, 4) is 0 Å². The Bertz CT molecular complexity index is 930. The van der Waals surface area contributed by atoms with Gasteiger partial charge in [0.25, 0.3) is 0 Å². The molecule has 0 spiro atoms. The Hall–Kier alpha value is -2.88. The van der Waals surface area contributed by atoms with Crippen LogP contribution in [0, 0.1) is 6.92 Å². The minimum Gasteiger partial charge on any atom is -0.331 e. The van der Waals surface area contributed by atoms with Gasteiger partial charge in [0.1, 0.15) is 0 Å². The fourth-order valence-electron chi connectivity index (χ4n) is 3.92. The Labute approximate surface area is 154 Å². The first-order valence-electron chi connectivity index (χ1n) is 9.05. The number of fused-ring (bicyclic) bond motifs is 1. The number of benzene rings is 2. The zero-order valence-electron chi connectivity index (χ0n) is 15.2. The molecule has 26 heavy (non-hydrogen) atoms. The van der Waals surface area contributed by atoms with Gasteiger partial charge in [-0.25, -0.2) is 0 Å². The smallest absolute Gasteiger partial charge is 0.229 e. The minimum absolute atomic E-state index is 0.0250. The number of aryl methyl sites for hydroxylation is 2. The topological polar surface area (TPSA) is 38.1 Å². The van der Waals surface area contributed by atoms with E-state index >= 15 is 0 Å². The highest BCUT2D eigenvalue weighted by molar-refractivity contribution is 5.80. The molecule has 4 heteroatoms. The van der Waals surface area contributed by atoms with Gasteiger partial charge in [-0.15, -0.1) is 0 Å². The SMILES string of the molecule is Cc1cc(CC(=O)N2CCc3ccccc3[C@@H]2c2ccccc2)n(C)n1. The molecular weight excluding hydrogens is 322 g/mol. The minimum atomic E-state index is -0.0250. The lowest BCUT2D eigenvalue weighted by Crippen LogP contribution is -2.41. The molecule has 0 bridgehead atoms. The van der Waals surface area contributed by atoms with Crippen molar-refractivity contribution in [2.24, 2.45) is 7.05 Å². The molecule has 132 valence electrons. The molecule has 1 aliphatic heterocycles. The van der Waals surface area contributed by atoms with Crippen molar-refractivity contribution >= 4 is 5.91 Å². The van der Waals surface area contributed by atoms with E-state index in [1.54, 1.807) is 0 Å². The Morgan fingerprint density at radius 2 is 1.85 bits per heavy atom. The molecule has 0 aliphatic carbocycles. The molecule has 1 aliphatic rings. The maximum Gasteiger partial charge on any atom is 0.229 e. The summed E-state index contributed by atoms with van der Waals surface area (Å²) in [6.07, 6.45) is 1.28. The number of amides is 1. The summed E-state index contributed by atoms with van der Waals surface area (Å²) in [5.41, 5.74) is 5.63. The van der Waals surface area contributed by atoms with Gasteiger partial charge in [-0.05, 0) is 36.1 Å². The van der Waals surface area contributed by atoms with Gasteiger partial charge in [0.2, 0.25) is 5.91 Å². The van der Waals surface area contributed by atoms with Crippen LogP contribution in [-0.4, -0.2) is 27.1 Å². The molecule has 0 saturated heterocycles. The monoisotopic (exact) mass is 345 g/mol. The Morgan fingerprint density at radius 1 is 1.12 bits per heavy atom. The first-order chi connectivity index (χ1) is 12.6. The van der Waals surface area contributed by atoms with Crippen molar-refractivity contribution < 1.29 is 4.79 Å². The van der Waals surface area contributed by atoms with Crippen molar-refractivity contribution in [2.45, 2.75) is 25.8 Å². The molecule has 0 N–H and O–H groups in total. The summed E-state index contributed by atoms with van der Waals surface area (Å²) in [5, 5.41) is 4.37. The highest BCUT2D eigenvalue weighted by Gasteiger charge is 2.31. The quantitative estimate of drug-likeness (QED) is 0.729. The van der Waals surface area contributed by atoms with Gasteiger partial charge in [-0.3, -0.25) is 9.48 Å². The van der Waals surface area contributed by atoms with E-state index in [9.17, 15) is 4.79 Å². The van der Waals surface area contributed by atoms with E-state index in [1.807, 2.05) is 47.8 Å². The van der Waals surface area contributed by atoms with E-state index in [-0.39, 0.29) is 11.9 Å². The van der Waals surface area contributed by atoms with Gasteiger partial charge in [0, 0.05) is 19.3 Å². The molecule has 2 heterocycles. The van der Waals surface area contributed by atoms with Crippen LogP contribution >= 0.6 is 0 Å². The molecule has 1 atom stereocenters. The fourth-order valence-corrected chi connectivity index (χ4v) is 3.92. The summed E-state index contributed by atoms with van der Waals surface area (Å²) in [5.74, 6) is 0.149. The molecule has 0 radical (unpaired) electrons. The molecule has 0 saturated carbocycles. The van der Waals surface area contributed by atoms with Crippen LogP contribution in [-0.2, 0) is 24.7 Å². The van der Waals surface area contributed by atoms with E-state index < -0.39 is 0 Å². The van der Waals surface area contributed by atoms with Crippen molar-refractivity contribution in [3.05, 3.63) is 88.7 Å². The molecule has 4 rings (SSSR count). The number of carbonyl (C=O) groups is 1. The lowest BCUT2D eigenvalue weighted by molar-refractivity contribution is -0.132. The van der Waals surface area contributed by atoms with Crippen molar-refractivity contribution in [1.29, 1.82) is 0 Å². The standard InChI is InChI=1S/C22H23N3O/c1-16-14-19(24(2)23-16)15-21(26)25-13-12-17-8-6-7-11-20(17)22(25)18-9-4-3-5-10-18/h3-11,14,22H,12-13,15H2,1-2H3/t22-/m0/s1. The summed E-state index contributed by atoms with van der Waals surface area (Å²) < 4.78 is 1.81. The Kier molecular flexibility index (Phi) is 4.33. The predicted octanol–water partition coefficient (Wildman–Crippen LogP) is 3.45. The van der Waals surface area contributed by atoms with Gasteiger partial charge in [-0.1, -0.05) is 54.6 Å². The van der Waals surface area contributed by atoms with Crippen LogP contribution in [0.15, 0.2) is 60.7 Å². The van der Waals surface area contributed by atoms with Crippen LogP contribution in [0.5, 0.6) is 0 Å². The number of rotatable bonds is 3. The van der Waals surface area contributed by atoms with Crippen LogP contribution < -0.4 is 0 Å². The third kappa shape index (κ3) is 3.03. The second-order valence-corrected chi connectivity index (χ2v) is 6.93. The first kappa shape index (κ1) is 16.6. The summed E-state index contributed by atoms with van der Waals surface area (Å²) in [4.78, 5) is 15.2. The molecule has 1 amide bonds. The molecule has 3 aromatic rings. The second-order valence-electron chi connectivity index (χ2n) is 6.93. The van der Waals surface area contributed by atoms with Crippen LogP contribution in [0.3, 0.4) is 0 Å². The molecule has 1 aromatic heterocycles. The molecular formula is C22H23N3O. The van der Waals surface area contributed by atoms with Gasteiger partial charge in [0.15, 0.2) is 0 Å². The lowest BCUT2D eigenvalue weighted by atomic mass is 9.88. The van der Waals surface area contributed by atoms with Crippen LogP contribution in [0.25, 0.3) is 0 Å². The number of nitrogens with zero attached hydrogens (tertiary/aromatic N) is 3. The summed E-state index contributed by atoms with van der Waals surface area (Å²) in [6, 6.07) is 20.8. The van der Waals surface area contributed by atoms with Gasteiger partial charge >= 0.3 is 0 Å². The molecule has 2 aromatic carbocycles. The fraction of sp³-hybridized carbons (Fsp3) is 0.273. The Morgan fingerprint density at radius 3 is 2.58 bits per heavy atom. The predicted molar refractivity (Wildman–Crippen MR) is 102 cm³/mol. The van der Waals surface area contributed by atoms with Crippen molar-refractivity contribution in [1.82, 2.24) is 14.7 Å². The van der Waals surface area contributed by atoms with Gasteiger partial charge < -0.3 is 4.90 Å². The zero-order chi connectivity index (χ0) is 18.1. The van der Waals surface area contributed by atoms with Crippen molar-refractivity contribution in [2.75, 3.05) is 6.54 Å². The maximum atomic E-state index is 13.2. The van der Waals surface area contributed by atoms with E-state index in [2.05, 4.69) is 41.5 Å². The highest BCUT2D eigenvalue weighted by atomic mass is 16.2. The number of aromatic nitrogens is 2. The van der Waals surface area contributed by atoms with E-state index in [0.29, 0.717) is 6.42 Å². The number of carbonyl (C=O) groups excluding carboxylic acids is 1. The molecule has 0 unspecified atom stereocenters. The summed E-state index contributed by atoms with van der Waals surface area (Å²) in [7, 11) is 1.90. The number of hydrogen-bond donors (Lipinski definition) is 0. The van der Waals surface area contributed by atoms with Crippen LogP contribution in [0.4, 0.5) is 0 Å². The summed E-state index contributed by atoms with van der Waals surface area (Å²) >= 11 is 0. The van der Waals surface area contributed by atoms with Crippen molar-refractivity contribution in [3.63, 3.8) is 0 Å². The number of hydrogen-bond acceptors (Lipinski definition) is 2. The largest absolute Gasteiger partial charge is 0.331 e. The van der Waals surface area contributed by atoms with E-state index in [1.165, 1.54) is 11.1 Å². The zero-order valence-corrected chi connectivity index (χ0v) is 15.2. The average Bonchev–Trinajstić information content (AvgIpc) is 2.98. The third-order valence-corrected chi connectivity index (χ3v) is 5.15. The summed E-state index contributed by atoms with van der Waals surface area (Å²) in [6.45, 7) is 2.70. The van der Waals surface area contributed by atoms with Crippen LogP contribution in [0.1, 0.15) is 34.1 Å². The average molecular weight is 345 g/mol. The van der Waals surface area contributed by atoms with Crippen LogP contribution in [0.2, 0.25) is 0 Å².